The molecule has 1 heterocycles. The third kappa shape index (κ3) is 3.45. The van der Waals surface area contributed by atoms with Crippen LogP contribution in [-0.2, 0) is 19.1 Å². The van der Waals surface area contributed by atoms with Gasteiger partial charge in [-0.3, -0.25) is 10.1 Å². The Morgan fingerprint density at radius 2 is 1.83 bits per heavy atom. The maximum Gasteiger partial charge on any atom is 0.350 e. The molecule has 2 rings (SSSR count). The van der Waals surface area contributed by atoms with E-state index in [0.717, 1.165) is 6.20 Å². The quantitative estimate of drug-likeness (QED) is 0.292. The summed E-state index contributed by atoms with van der Waals surface area (Å²) in [7, 11) is 1.30. The highest BCUT2D eigenvalue weighted by Gasteiger charge is 2.39. The van der Waals surface area contributed by atoms with Crippen LogP contribution >= 0.6 is 0 Å². The van der Waals surface area contributed by atoms with Crippen molar-refractivity contribution < 1.29 is 28.7 Å². The van der Waals surface area contributed by atoms with Crippen LogP contribution in [0.1, 0.15) is 19.4 Å². The van der Waals surface area contributed by atoms with Gasteiger partial charge in [0.25, 0.3) is 5.79 Å². The van der Waals surface area contributed by atoms with Crippen LogP contribution < -0.4 is 10.1 Å². The zero-order valence-corrected chi connectivity index (χ0v) is 13.5. The van der Waals surface area contributed by atoms with Crippen molar-refractivity contribution in [2.75, 3.05) is 12.4 Å². The molecule has 1 aromatic carbocycles. The van der Waals surface area contributed by atoms with Crippen molar-refractivity contribution in [3.8, 4) is 5.75 Å². The zero-order chi connectivity index (χ0) is 18.1. The van der Waals surface area contributed by atoms with E-state index in [1.165, 1.54) is 33.1 Å². The van der Waals surface area contributed by atoms with Gasteiger partial charge < -0.3 is 19.5 Å². The monoisotopic (exact) mass is 336 g/mol. The Balaban J connectivity index is 2.30. The Bertz CT molecular complexity index is 730. The molecular weight excluding hydrogens is 320 g/mol. The number of benzene rings is 1. The van der Waals surface area contributed by atoms with Crippen LogP contribution in [0.2, 0.25) is 0 Å². The number of rotatable bonds is 4. The SMILES string of the molecule is COc1cc(NC=C2C(=O)OC(C)(C)OC2=O)c(C)cc1[N+](=O)[O-]. The van der Waals surface area contributed by atoms with E-state index in [2.05, 4.69) is 5.32 Å². The molecule has 9 heteroatoms. The van der Waals surface area contributed by atoms with Crippen LogP contribution in [0.4, 0.5) is 11.4 Å². The fraction of sp³-hybridized carbons (Fsp3) is 0.333. The number of carbonyl (C=O) groups is 2. The molecule has 1 aliphatic rings. The van der Waals surface area contributed by atoms with Crippen LogP contribution in [0.3, 0.4) is 0 Å². The normalized spacial score (nSPS) is 16.1. The maximum atomic E-state index is 11.8. The molecule has 0 radical (unpaired) electrons. The second-order valence-electron chi connectivity index (χ2n) is 5.48. The van der Waals surface area contributed by atoms with Crippen LogP contribution in [0.5, 0.6) is 5.75 Å². The Kier molecular flexibility index (Phi) is 4.45. The van der Waals surface area contributed by atoms with Crippen molar-refractivity contribution in [1.29, 1.82) is 0 Å². The van der Waals surface area contributed by atoms with E-state index in [-0.39, 0.29) is 17.0 Å². The number of nitrogens with one attached hydrogen (secondary N) is 1. The number of aryl methyl sites for hydroxylation is 1. The second-order valence-corrected chi connectivity index (χ2v) is 5.48. The minimum absolute atomic E-state index is 0.0430. The molecule has 0 spiro atoms. The Labute approximate surface area is 137 Å². The molecule has 0 saturated carbocycles. The molecule has 0 aromatic heterocycles. The Morgan fingerprint density at radius 3 is 2.33 bits per heavy atom. The van der Waals surface area contributed by atoms with Gasteiger partial charge in [0.15, 0.2) is 11.3 Å². The number of carbonyl (C=O) groups excluding carboxylic acids is 2. The van der Waals surface area contributed by atoms with Crippen molar-refractivity contribution in [2.45, 2.75) is 26.6 Å². The van der Waals surface area contributed by atoms with Crippen molar-refractivity contribution in [1.82, 2.24) is 0 Å². The fourth-order valence-corrected chi connectivity index (χ4v) is 2.06. The molecule has 0 atom stereocenters. The smallest absolute Gasteiger partial charge is 0.350 e. The van der Waals surface area contributed by atoms with Gasteiger partial charge in [-0.2, -0.15) is 0 Å². The van der Waals surface area contributed by atoms with Gasteiger partial charge in [-0.05, 0) is 12.5 Å². The van der Waals surface area contributed by atoms with Crippen molar-refractivity contribution >= 4 is 23.3 Å². The van der Waals surface area contributed by atoms with Crippen molar-refractivity contribution in [2.24, 2.45) is 0 Å². The van der Waals surface area contributed by atoms with Crippen LogP contribution in [0, 0.1) is 17.0 Å². The van der Waals surface area contributed by atoms with Gasteiger partial charge in [0.1, 0.15) is 0 Å². The van der Waals surface area contributed by atoms with E-state index in [9.17, 15) is 19.7 Å². The molecule has 9 nitrogen and oxygen atoms in total. The highest BCUT2D eigenvalue weighted by molar-refractivity contribution is 6.15. The summed E-state index contributed by atoms with van der Waals surface area (Å²) in [6.45, 7) is 4.52. The van der Waals surface area contributed by atoms with E-state index in [0.29, 0.717) is 11.3 Å². The standard InChI is InChI=1S/C15H16N2O7/c1-8-5-11(17(20)21)12(22-4)6-10(8)16-7-9-13(18)23-15(2,3)24-14(9)19/h5-7,16H,1-4H3. The molecule has 1 aromatic rings. The number of hydrogen-bond donors (Lipinski definition) is 1. The lowest BCUT2D eigenvalue weighted by Crippen LogP contribution is -2.42. The number of anilines is 1. The van der Waals surface area contributed by atoms with E-state index in [1.54, 1.807) is 6.92 Å². The summed E-state index contributed by atoms with van der Waals surface area (Å²) in [4.78, 5) is 34.1. The van der Waals surface area contributed by atoms with Crippen LogP contribution in [0.15, 0.2) is 23.9 Å². The molecule has 1 fully saturated rings. The first-order valence-electron chi connectivity index (χ1n) is 6.91. The van der Waals surface area contributed by atoms with E-state index in [1.807, 2.05) is 0 Å². The van der Waals surface area contributed by atoms with Crippen molar-refractivity contribution in [3.63, 3.8) is 0 Å². The molecule has 1 saturated heterocycles. The molecule has 0 bridgehead atoms. The molecular formula is C15H16N2O7. The van der Waals surface area contributed by atoms with Crippen LogP contribution in [-0.4, -0.2) is 29.8 Å². The van der Waals surface area contributed by atoms with E-state index < -0.39 is 22.6 Å². The third-order valence-corrected chi connectivity index (χ3v) is 3.21. The summed E-state index contributed by atoms with van der Waals surface area (Å²) in [5.41, 5.74) is 0.449. The average molecular weight is 336 g/mol. The van der Waals surface area contributed by atoms with Gasteiger partial charge in [-0.15, -0.1) is 0 Å². The molecule has 24 heavy (non-hydrogen) atoms. The highest BCUT2D eigenvalue weighted by Crippen LogP contribution is 2.33. The Morgan fingerprint density at radius 1 is 1.25 bits per heavy atom. The second kappa shape index (κ2) is 6.19. The maximum absolute atomic E-state index is 11.8. The first-order chi connectivity index (χ1) is 11.1. The van der Waals surface area contributed by atoms with Gasteiger partial charge in [0.05, 0.1) is 12.0 Å². The van der Waals surface area contributed by atoms with Gasteiger partial charge in [-0.1, -0.05) is 0 Å². The lowest BCUT2D eigenvalue weighted by Gasteiger charge is -2.29. The number of nitrogens with zero attached hydrogens (tertiary/aromatic N) is 1. The predicted molar refractivity (Wildman–Crippen MR) is 82.4 cm³/mol. The summed E-state index contributed by atoms with van der Waals surface area (Å²) in [5.74, 6) is -2.93. The first kappa shape index (κ1) is 17.3. The number of methoxy groups -OCH3 is 1. The van der Waals surface area contributed by atoms with Gasteiger partial charge in [-0.25, -0.2) is 9.59 Å². The Hall–Kier alpha value is -3.10. The van der Waals surface area contributed by atoms with E-state index >= 15 is 0 Å². The van der Waals surface area contributed by atoms with Crippen LogP contribution in [0.25, 0.3) is 0 Å². The summed E-state index contributed by atoms with van der Waals surface area (Å²) < 4.78 is 14.9. The summed E-state index contributed by atoms with van der Waals surface area (Å²) >= 11 is 0. The van der Waals surface area contributed by atoms with Crippen molar-refractivity contribution in [3.05, 3.63) is 39.6 Å². The highest BCUT2D eigenvalue weighted by atomic mass is 16.7. The lowest BCUT2D eigenvalue weighted by molar-refractivity contribution is -0.385. The molecule has 1 aliphatic heterocycles. The number of ether oxygens (including phenoxy) is 3. The minimum Gasteiger partial charge on any atom is -0.490 e. The zero-order valence-electron chi connectivity index (χ0n) is 13.5. The minimum atomic E-state index is -1.32. The average Bonchev–Trinajstić information content (AvgIpc) is 2.46. The topological polar surface area (TPSA) is 117 Å². The van der Waals surface area contributed by atoms with Gasteiger partial charge in [0.2, 0.25) is 0 Å². The number of esters is 2. The predicted octanol–water partition coefficient (Wildman–Crippen LogP) is 2.04. The summed E-state index contributed by atoms with van der Waals surface area (Å²) in [6.07, 6.45) is 1.13. The largest absolute Gasteiger partial charge is 0.490 e. The number of hydrogen-bond acceptors (Lipinski definition) is 8. The van der Waals surface area contributed by atoms with Gasteiger partial charge in [0, 0.05) is 37.9 Å². The number of nitro benzene ring substituents is 1. The lowest BCUT2D eigenvalue weighted by atomic mass is 10.1. The summed E-state index contributed by atoms with van der Waals surface area (Å²) in [5, 5.41) is 13.7. The molecule has 0 aliphatic carbocycles. The molecule has 0 unspecified atom stereocenters. The molecule has 1 N–H and O–H groups in total. The molecule has 0 amide bonds. The first-order valence-corrected chi connectivity index (χ1v) is 6.91. The third-order valence-electron chi connectivity index (χ3n) is 3.21. The molecule has 128 valence electrons. The fourth-order valence-electron chi connectivity index (χ4n) is 2.06. The number of cyclic esters (lactones) is 2. The number of nitro groups is 1. The van der Waals surface area contributed by atoms with E-state index in [4.69, 9.17) is 14.2 Å². The summed E-state index contributed by atoms with van der Waals surface area (Å²) in [6, 6.07) is 2.72. The van der Waals surface area contributed by atoms with Gasteiger partial charge >= 0.3 is 17.6 Å².